The number of rotatable bonds is 3. The molecule has 1 fully saturated rings. The van der Waals surface area contributed by atoms with E-state index in [4.69, 9.17) is 14.3 Å². The highest BCUT2D eigenvalue weighted by molar-refractivity contribution is 7.89. The van der Waals surface area contributed by atoms with Crippen LogP contribution in [-0.2, 0) is 14.8 Å². The molecular weight excluding hydrogens is 272 g/mol. The van der Waals surface area contributed by atoms with Gasteiger partial charge in [0.25, 0.3) is 5.91 Å². The minimum atomic E-state index is -3.88. The summed E-state index contributed by atoms with van der Waals surface area (Å²) >= 11 is 0. The fourth-order valence-corrected chi connectivity index (χ4v) is 2.73. The second-order valence-electron chi connectivity index (χ2n) is 4.52. The summed E-state index contributed by atoms with van der Waals surface area (Å²) < 4.78 is 33.0. The molecule has 0 saturated carbocycles. The maximum atomic E-state index is 11.9. The Hall–Kier alpha value is -1.38. The highest BCUT2D eigenvalue weighted by atomic mass is 32.2. The summed E-state index contributed by atoms with van der Waals surface area (Å²) in [6.07, 6.45) is 0.645. The Morgan fingerprint density at radius 1 is 1.53 bits per heavy atom. The van der Waals surface area contributed by atoms with E-state index in [0.717, 1.165) is 6.07 Å². The van der Waals surface area contributed by atoms with Gasteiger partial charge in [0.1, 0.15) is 10.7 Å². The van der Waals surface area contributed by atoms with Crippen LogP contribution in [0.25, 0.3) is 0 Å². The smallest absolute Gasteiger partial charge is 0.287 e. The number of furan rings is 1. The Kier molecular flexibility index (Phi) is 3.66. The molecule has 0 bridgehead atoms. The summed E-state index contributed by atoms with van der Waals surface area (Å²) in [6, 6.07) is 1.04. The lowest BCUT2D eigenvalue weighted by molar-refractivity contribution is 0.0841. The first-order chi connectivity index (χ1) is 8.79. The molecule has 0 spiro atoms. The molecule has 0 aromatic carbocycles. The first-order valence-corrected chi connectivity index (χ1v) is 7.39. The summed E-state index contributed by atoms with van der Waals surface area (Å²) in [5, 5.41) is 7.76. The Bertz CT molecular complexity index is 592. The number of sulfonamides is 1. The van der Waals surface area contributed by atoms with Crippen molar-refractivity contribution < 1.29 is 22.4 Å². The van der Waals surface area contributed by atoms with Gasteiger partial charge < -0.3 is 14.5 Å². The molecule has 0 aliphatic carbocycles. The zero-order chi connectivity index (χ0) is 14.2. The van der Waals surface area contributed by atoms with Gasteiger partial charge in [0.2, 0.25) is 10.0 Å². The molecule has 2 heterocycles. The van der Waals surface area contributed by atoms with Crippen LogP contribution in [0.3, 0.4) is 0 Å². The summed E-state index contributed by atoms with van der Waals surface area (Å²) in [5.41, 5.74) is 0. The minimum Gasteiger partial charge on any atom is -0.455 e. The van der Waals surface area contributed by atoms with Crippen LogP contribution in [0, 0.1) is 6.92 Å². The molecule has 8 heteroatoms. The molecule has 2 unspecified atom stereocenters. The van der Waals surface area contributed by atoms with E-state index >= 15 is 0 Å². The van der Waals surface area contributed by atoms with Gasteiger partial charge in [-0.1, -0.05) is 0 Å². The van der Waals surface area contributed by atoms with Crippen molar-refractivity contribution in [1.82, 2.24) is 5.32 Å². The van der Waals surface area contributed by atoms with Crippen LogP contribution in [-0.4, -0.2) is 33.1 Å². The molecule has 7 nitrogen and oxygen atoms in total. The normalized spacial score (nSPS) is 23.5. The van der Waals surface area contributed by atoms with Gasteiger partial charge in [0.15, 0.2) is 5.76 Å². The topological polar surface area (TPSA) is 112 Å². The summed E-state index contributed by atoms with van der Waals surface area (Å²) in [7, 11) is -3.88. The van der Waals surface area contributed by atoms with E-state index in [-0.39, 0.29) is 28.6 Å². The number of carbonyl (C=O) groups is 1. The molecule has 1 aliphatic rings. The van der Waals surface area contributed by atoms with Gasteiger partial charge in [-0.25, -0.2) is 13.6 Å². The molecule has 1 aromatic rings. The standard InChI is InChI=1S/C11H16N2O5S/c1-6-8(3-4-17-6)13-11(14)9-5-10(7(2)18-9)19(12,15)16/h5-6,8H,3-4H2,1-2H3,(H,13,14)(H2,12,15,16). The van der Waals surface area contributed by atoms with Crippen molar-refractivity contribution in [3.63, 3.8) is 0 Å². The monoisotopic (exact) mass is 288 g/mol. The number of hydrogen-bond acceptors (Lipinski definition) is 5. The van der Waals surface area contributed by atoms with E-state index in [1.807, 2.05) is 6.92 Å². The van der Waals surface area contributed by atoms with Crippen LogP contribution in [0.5, 0.6) is 0 Å². The molecule has 106 valence electrons. The molecule has 3 N–H and O–H groups in total. The molecule has 1 amide bonds. The van der Waals surface area contributed by atoms with Gasteiger partial charge in [-0.2, -0.15) is 0 Å². The van der Waals surface area contributed by atoms with Crippen LogP contribution in [0.2, 0.25) is 0 Å². The Labute approximate surface area is 111 Å². The van der Waals surface area contributed by atoms with Gasteiger partial charge >= 0.3 is 0 Å². The average Bonchev–Trinajstić information content (AvgIpc) is 2.85. The second-order valence-corrected chi connectivity index (χ2v) is 6.05. The number of ether oxygens (including phenoxy) is 1. The van der Waals surface area contributed by atoms with E-state index in [1.165, 1.54) is 6.92 Å². The number of carbonyl (C=O) groups excluding carboxylic acids is 1. The highest BCUT2D eigenvalue weighted by Crippen LogP contribution is 2.19. The van der Waals surface area contributed by atoms with Crippen molar-refractivity contribution in [2.24, 2.45) is 5.14 Å². The summed E-state index contributed by atoms with van der Waals surface area (Å²) in [4.78, 5) is 11.8. The summed E-state index contributed by atoms with van der Waals surface area (Å²) in [6.45, 7) is 3.89. The fraction of sp³-hybridized carbons (Fsp3) is 0.545. The number of aryl methyl sites for hydroxylation is 1. The predicted molar refractivity (Wildman–Crippen MR) is 66.1 cm³/mol. The maximum Gasteiger partial charge on any atom is 0.287 e. The zero-order valence-electron chi connectivity index (χ0n) is 10.7. The number of amides is 1. The fourth-order valence-electron chi connectivity index (χ4n) is 2.02. The lowest BCUT2D eigenvalue weighted by Crippen LogP contribution is -2.39. The van der Waals surface area contributed by atoms with E-state index in [2.05, 4.69) is 5.32 Å². The lowest BCUT2D eigenvalue weighted by atomic mass is 10.1. The van der Waals surface area contributed by atoms with Gasteiger partial charge in [-0.05, 0) is 20.3 Å². The zero-order valence-corrected chi connectivity index (χ0v) is 11.5. The minimum absolute atomic E-state index is 0.0689. The largest absolute Gasteiger partial charge is 0.455 e. The number of nitrogens with one attached hydrogen (secondary N) is 1. The third kappa shape index (κ3) is 2.96. The molecular formula is C11H16N2O5S. The first kappa shape index (κ1) is 14.0. The number of nitrogens with two attached hydrogens (primary N) is 1. The van der Waals surface area contributed by atoms with Gasteiger partial charge in [-0.15, -0.1) is 0 Å². The molecule has 1 aromatic heterocycles. The third-order valence-corrected chi connectivity index (χ3v) is 4.11. The molecule has 19 heavy (non-hydrogen) atoms. The van der Waals surface area contributed by atoms with Crippen molar-refractivity contribution in [2.45, 2.75) is 37.3 Å². The van der Waals surface area contributed by atoms with Crippen LogP contribution < -0.4 is 10.5 Å². The van der Waals surface area contributed by atoms with Gasteiger partial charge in [0, 0.05) is 12.7 Å². The first-order valence-electron chi connectivity index (χ1n) is 5.84. The second kappa shape index (κ2) is 4.95. The SMILES string of the molecule is Cc1oc(C(=O)NC2CCOC2C)cc1S(N)(=O)=O. The average molecular weight is 288 g/mol. The predicted octanol–water partition coefficient (Wildman–Crippen LogP) is 0.143. The van der Waals surface area contributed by atoms with Gasteiger partial charge in [-0.3, -0.25) is 4.79 Å². The highest BCUT2D eigenvalue weighted by Gasteiger charge is 2.28. The van der Waals surface area contributed by atoms with Crippen molar-refractivity contribution in [2.75, 3.05) is 6.61 Å². The Morgan fingerprint density at radius 3 is 2.68 bits per heavy atom. The van der Waals surface area contributed by atoms with Crippen LogP contribution in [0.1, 0.15) is 29.7 Å². The van der Waals surface area contributed by atoms with Crippen molar-refractivity contribution in [3.8, 4) is 0 Å². The van der Waals surface area contributed by atoms with E-state index < -0.39 is 15.9 Å². The molecule has 1 saturated heterocycles. The van der Waals surface area contributed by atoms with E-state index in [1.54, 1.807) is 0 Å². The molecule has 1 aliphatic heterocycles. The Morgan fingerprint density at radius 2 is 2.21 bits per heavy atom. The van der Waals surface area contributed by atoms with Crippen LogP contribution in [0.4, 0.5) is 0 Å². The van der Waals surface area contributed by atoms with Crippen LogP contribution in [0.15, 0.2) is 15.4 Å². The molecule has 2 rings (SSSR count). The van der Waals surface area contributed by atoms with Crippen molar-refractivity contribution in [3.05, 3.63) is 17.6 Å². The van der Waals surface area contributed by atoms with Gasteiger partial charge in [0.05, 0.1) is 12.1 Å². The van der Waals surface area contributed by atoms with E-state index in [0.29, 0.717) is 13.0 Å². The lowest BCUT2D eigenvalue weighted by Gasteiger charge is -2.14. The van der Waals surface area contributed by atoms with E-state index in [9.17, 15) is 13.2 Å². The van der Waals surface area contributed by atoms with Crippen molar-refractivity contribution in [1.29, 1.82) is 0 Å². The quantitative estimate of drug-likeness (QED) is 0.821. The number of primary sulfonamides is 1. The molecule has 2 atom stereocenters. The Balaban J connectivity index is 2.16. The van der Waals surface area contributed by atoms with Crippen molar-refractivity contribution >= 4 is 15.9 Å². The van der Waals surface area contributed by atoms with Crippen LogP contribution >= 0.6 is 0 Å². The third-order valence-electron chi connectivity index (χ3n) is 3.10. The molecule has 0 radical (unpaired) electrons. The number of hydrogen-bond donors (Lipinski definition) is 2. The maximum absolute atomic E-state index is 11.9. The summed E-state index contributed by atoms with van der Waals surface area (Å²) in [5.74, 6) is -0.440.